The lowest BCUT2D eigenvalue weighted by atomic mass is 9.35. The minimum absolute atomic E-state index is 0.0131. The van der Waals surface area contributed by atoms with Gasteiger partial charge in [0.15, 0.2) is 6.29 Å². The summed E-state index contributed by atoms with van der Waals surface area (Å²) in [6.07, 6.45) is 2.60. The van der Waals surface area contributed by atoms with Gasteiger partial charge in [0.25, 0.3) is 0 Å². The van der Waals surface area contributed by atoms with Gasteiger partial charge in [-0.05, 0) is 124 Å². The molecule has 4 aliphatic carbocycles. The highest BCUT2D eigenvalue weighted by atomic mass is 16.7. The Kier molecular flexibility index (Phi) is 9.35. The van der Waals surface area contributed by atoms with Crippen LogP contribution in [0.3, 0.4) is 0 Å². The summed E-state index contributed by atoms with van der Waals surface area (Å²) in [4.78, 5) is 0. The molecule has 5 rings (SSSR count). The van der Waals surface area contributed by atoms with Crippen molar-refractivity contribution >= 4 is 0 Å². The van der Waals surface area contributed by atoms with Crippen molar-refractivity contribution in [2.24, 2.45) is 45.3 Å². The van der Waals surface area contributed by atoms with Crippen molar-refractivity contribution in [2.45, 2.75) is 162 Å². The van der Waals surface area contributed by atoms with Crippen LogP contribution in [0.1, 0.15) is 113 Å². The van der Waals surface area contributed by atoms with Gasteiger partial charge in [0, 0.05) is 0 Å². The van der Waals surface area contributed by atoms with E-state index in [1.54, 1.807) is 0 Å². The molecule has 8 heteroatoms. The standard InChI is InChI=1S/C36H62O8/c1-20(2)10-9-14-36(8,44-31-30(42)29(41)28(40)23(19-37)43-31)21-11-16-35(7)27(21)22(38)18-25-33(5)15-13-26(39)32(3,4)24(33)12-17-34(25,35)6/h10,21-31,37-42H,9,11-19H2,1-8H3/t21-,22+,23+,24-,25+,26-,27-,28+,29-,30+,31-,33-,34+,35+,36-/m0/s1/i1-1/b20-10-. The number of ether oxygens (including phenoxy) is 2. The molecule has 8 nitrogen and oxygen atoms in total. The van der Waals surface area contributed by atoms with E-state index in [2.05, 4.69) is 61.5 Å². The minimum atomic E-state index is -1.50. The average Bonchev–Trinajstić information content (AvgIpc) is 3.33. The van der Waals surface area contributed by atoms with Gasteiger partial charge in [0.1, 0.15) is 24.4 Å². The number of aliphatic hydroxyl groups excluding tert-OH is 6. The van der Waals surface area contributed by atoms with Crippen LogP contribution in [0.15, 0.2) is 11.6 Å². The first-order valence-electron chi connectivity index (χ1n) is 17.3. The van der Waals surface area contributed by atoms with Gasteiger partial charge >= 0.3 is 0 Å². The molecule has 0 aromatic heterocycles. The summed E-state index contributed by atoms with van der Waals surface area (Å²) < 4.78 is 12.6. The predicted octanol–water partition coefficient (Wildman–Crippen LogP) is 4.32. The van der Waals surface area contributed by atoms with Gasteiger partial charge in [-0.2, -0.15) is 0 Å². The number of allylic oxidation sites excluding steroid dienone is 2. The van der Waals surface area contributed by atoms with Gasteiger partial charge in [-0.15, -0.1) is 0 Å². The van der Waals surface area contributed by atoms with Crippen molar-refractivity contribution < 1.29 is 40.1 Å². The van der Waals surface area contributed by atoms with E-state index in [4.69, 9.17) is 9.47 Å². The lowest BCUT2D eigenvalue weighted by molar-refractivity contribution is -0.336. The first-order chi connectivity index (χ1) is 20.4. The molecule has 1 heterocycles. The van der Waals surface area contributed by atoms with E-state index in [-0.39, 0.29) is 39.6 Å². The van der Waals surface area contributed by atoms with Crippen LogP contribution in [0.2, 0.25) is 0 Å². The summed E-state index contributed by atoms with van der Waals surface area (Å²) in [6.45, 7) is 17.5. The van der Waals surface area contributed by atoms with Crippen LogP contribution >= 0.6 is 0 Å². The molecule has 5 aliphatic rings. The van der Waals surface area contributed by atoms with Crippen molar-refractivity contribution in [1.29, 1.82) is 0 Å². The summed E-state index contributed by atoms with van der Waals surface area (Å²) in [5, 5.41) is 65.0. The van der Waals surface area contributed by atoms with Crippen molar-refractivity contribution in [3.8, 4) is 0 Å². The molecular weight excluding hydrogens is 559 g/mol. The predicted molar refractivity (Wildman–Crippen MR) is 168 cm³/mol. The summed E-state index contributed by atoms with van der Waals surface area (Å²) >= 11 is 0. The summed E-state index contributed by atoms with van der Waals surface area (Å²) in [6, 6.07) is 0. The number of aliphatic hydroxyl groups is 6. The van der Waals surface area contributed by atoms with E-state index in [0.717, 1.165) is 51.4 Å². The third-order valence-corrected chi connectivity index (χ3v) is 14.6. The highest BCUT2D eigenvalue weighted by Gasteiger charge is 2.71. The van der Waals surface area contributed by atoms with Gasteiger partial charge in [-0.25, -0.2) is 0 Å². The summed E-state index contributed by atoms with van der Waals surface area (Å²) in [5.74, 6) is 0.713. The Hall–Kier alpha value is -0.580. The first-order valence-corrected chi connectivity index (χ1v) is 17.3. The SMILES string of the molecule is C/C([11CH3])=C\CC[C@](C)(O[C@@H]1O[C@H](CO)[C@@H](O)[C@H](O)[C@H]1O)[C@H]1CC[C@]2(C)[C@@H]1[C@H](O)C[C@@H]1[C@@]3(C)CC[C@H](O)C(C)(C)[C@@H]3CC[C@]12C. The Bertz CT molecular complexity index is 1070. The molecule has 254 valence electrons. The largest absolute Gasteiger partial charge is 0.394 e. The van der Waals surface area contributed by atoms with Gasteiger partial charge < -0.3 is 40.1 Å². The molecule has 1 saturated heterocycles. The molecule has 6 N–H and O–H groups in total. The topological polar surface area (TPSA) is 140 Å². The maximum Gasteiger partial charge on any atom is 0.187 e. The van der Waals surface area contributed by atoms with E-state index < -0.39 is 49.0 Å². The van der Waals surface area contributed by atoms with Crippen molar-refractivity contribution in [2.75, 3.05) is 6.61 Å². The van der Waals surface area contributed by atoms with Crippen LogP contribution < -0.4 is 0 Å². The smallest absolute Gasteiger partial charge is 0.187 e. The number of rotatable bonds is 7. The van der Waals surface area contributed by atoms with Crippen LogP contribution in [0.4, 0.5) is 0 Å². The molecule has 1 aliphatic heterocycles. The van der Waals surface area contributed by atoms with Gasteiger partial charge in [-0.3, -0.25) is 0 Å². The van der Waals surface area contributed by atoms with Crippen molar-refractivity contribution in [3.63, 3.8) is 0 Å². The lowest BCUT2D eigenvalue weighted by Gasteiger charge is -2.70. The molecule has 0 unspecified atom stereocenters. The van der Waals surface area contributed by atoms with Crippen LogP contribution in [0, 0.1) is 45.3 Å². The Morgan fingerprint density at radius 1 is 0.864 bits per heavy atom. The molecule has 0 bridgehead atoms. The van der Waals surface area contributed by atoms with Crippen LogP contribution in [-0.2, 0) is 9.47 Å². The number of fused-ring (bicyclic) bond motifs is 5. The van der Waals surface area contributed by atoms with Crippen molar-refractivity contribution in [3.05, 3.63) is 11.6 Å². The van der Waals surface area contributed by atoms with Crippen LogP contribution in [0.25, 0.3) is 0 Å². The second-order valence-electron chi connectivity index (χ2n) is 17.3. The highest BCUT2D eigenvalue weighted by Crippen LogP contribution is 2.76. The van der Waals surface area contributed by atoms with Gasteiger partial charge in [0.05, 0.1) is 24.4 Å². The molecular formula is C36H62O8. The first kappa shape index (κ1) is 34.7. The highest BCUT2D eigenvalue weighted by molar-refractivity contribution is 5.20. The van der Waals surface area contributed by atoms with Crippen LogP contribution in [-0.4, -0.2) is 85.8 Å². The van der Waals surface area contributed by atoms with Gasteiger partial charge in [0.2, 0.25) is 0 Å². The zero-order valence-corrected chi connectivity index (χ0v) is 28.5. The van der Waals surface area contributed by atoms with E-state index in [1.165, 1.54) is 5.57 Å². The second kappa shape index (κ2) is 11.8. The number of hydrogen-bond acceptors (Lipinski definition) is 8. The Morgan fingerprint density at radius 3 is 2.16 bits per heavy atom. The fourth-order valence-electron chi connectivity index (χ4n) is 11.8. The van der Waals surface area contributed by atoms with Crippen molar-refractivity contribution in [1.82, 2.24) is 0 Å². The molecule has 0 spiro atoms. The molecule has 0 amide bonds. The fraction of sp³-hybridized carbons (Fsp3) is 0.944. The van der Waals surface area contributed by atoms with E-state index in [9.17, 15) is 30.6 Å². The van der Waals surface area contributed by atoms with E-state index in [0.29, 0.717) is 18.3 Å². The van der Waals surface area contributed by atoms with E-state index in [1.807, 2.05) is 0 Å². The second-order valence-corrected chi connectivity index (χ2v) is 17.3. The normalized spacial score (nSPS) is 52.0. The fourth-order valence-corrected chi connectivity index (χ4v) is 11.8. The Morgan fingerprint density at radius 2 is 1.52 bits per heavy atom. The molecule has 15 atom stereocenters. The molecule has 0 aromatic rings. The van der Waals surface area contributed by atoms with Crippen LogP contribution in [0.5, 0.6) is 0 Å². The maximum atomic E-state index is 12.2. The van der Waals surface area contributed by atoms with E-state index >= 15 is 0 Å². The maximum absolute atomic E-state index is 12.2. The summed E-state index contributed by atoms with van der Waals surface area (Å²) in [5.41, 5.74) is 0.171. The minimum Gasteiger partial charge on any atom is -0.394 e. The zero-order valence-electron chi connectivity index (χ0n) is 28.5. The van der Waals surface area contributed by atoms with Gasteiger partial charge in [-0.1, -0.05) is 46.3 Å². The molecule has 44 heavy (non-hydrogen) atoms. The summed E-state index contributed by atoms with van der Waals surface area (Å²) in [7, 11) is 0. The molecule has 0 radical (unpaired) electrons. The molecule has 5 fully saturated rings. The third-order valence-electron chi connectivity index (χ3n) is 14.6. The third kappa shape index (κ3) is 5.17. The monoisotopic (exact) mass is 621 g/mol. The molecule has 4 saturated carbocycles. The number of hydrogen-bond donors (Lipinski definition) is 6. The average molecular weight is 622 g/mol. The zero-order chi connectivity index (χ0) is 32.6. The quantitative estimate of drug-likeness (QED) is 0.231. The molecule has 0 aromatic carbocycles. The Balaban J connectivity index is 1.49. The lowest BCUT2D eigenvalue weighted by Crippen LogP contribution is -2.67. The Labute approximate surface area is 265 Å².